The van der Waals surface area contributed by atoms with Crippen molar-refractivity contribution >= 4 is 17.3 Å². The van der Waals surface area contributed by atoms with E-state index in [-0.39, 0.29) is 12.2 Å². The first-order valence-corrected chi connectivity index (χ1v) is 5.74. The van der Waals surface area contributed by atoms with Crippen LogP contribution in [0.5, 0.6) is 0 Å². The van der Waals surface area contributed by atoms with Gasteiger partial charge in [0.2, 0.25) is 0 Å². The maximum Gasteiger partial charge on any atom is 0.149 e. The van der Waals surface area contributed by atoms with E-state index in [1.807, 2.05) is 0 Å². The van der Waals surface area contributed by atoms with Gasteiger partial charge in [-0.2, -0.15) is 5.10 Å². The summed E-state index contributed by atoms with van der Waals surface area (Å²) in [5.41, 5.74) is 1.20. The van der Waals surface area contributed by atoms with Crippen LogP contribution in [0.25, 0.3) is 0 Å². The first-order valence-electron chi connectivity index (χ1n) is 5.36. The summed E-state index contributed by atoms with van der Waals surface area (Å²) in [6.07, 6.45) is 0. The van der Waals surface area contributed by atoms with Crippen molar-refractivity contribution in [2.24, 2.45) is 7.05 Å². The Balaban J connectivity index is 2.22. The van der Waals surface area contributed by atoms with Crippen LogP contribution < -0.4 is 5.32 Å². The summed E-state index contributed by atoms with van der Waals surface area (Å²) in [7, 11) is 1.73. The Bertz CT molecular complexity index is 561. The third kappa shape index (κ3) is 2.31. The number of halogens is 3. The fraction of sp³-hybridized carbons (Fsp3) is 0.250. The van der Waals surface area contributed by atoms with Gasteiger partial charge in [-0.05, 0) is 19.1 Å². The number of hydrogen-bond donors (Lipinski definition) is 1. The molecule has 1 aromatic carbocycles. The molecule has 1 aromatic heterocycles. The standard InChI is InChI=1S/C12H12ClF2N3/c1-7-11(13)10(18(2)17-7)6-16-12-8(14)4-3-5-9(12)15/h3-5,16H,6H2,1-2H3. The molecule has 2 rings (SSSR count). The number of anilines is 1. The van der Waals surface area contributed by atoms with E-state index in [4.69, 9.17) is 11.6 Å². The van der Waals surface area contributed by atoms with Crippen LogP contribution in [0.4, 0.5) is 14.5 Å². The van der Waals surface area contributed by atoms with Crippen LogP contribution in [-0.4, -0.2) is 9.78 Å². The molecule has 3 nitrogen and oxygen atoms in total. The molecule has 6 heteroatoms. The SMILES string of the molecule is Cc1nn(C)c(CNc2c(F)cccc2F)c1Cl. The molecule has 0 atom stereocenters. The number of nitrogens with zero attached hydrogens (tertiary/aromatic N) is 2. The van der Waals surface area contributed by atoms with Crippen molar-refractivity contribution in [3.63, 3.8) is 0 Å². The number of aryl methyl sites for hydroxylation is 2. The van der Waals surface area contributed by atoms with Crippen LogP contribution in [0.1, 0.15) is 11.4 Å². The normalized spacial score (nSPS) is 10.7. The number of benzene rings is 1. The molecule has 0 saturated carbocycles. The van der Waals surface area contributed by atoms with E-state index in [1.54, 1.807) is 18.7 Å². The highest BCUT2D eigenvalue weighted by atomic mass is 35.5. The molecule has 0 unspecified atom stereocenters. The van der Waals surface area contributed by atoms with Crippen LogP contribution in [0, 0.1) is 18.6 Å². The second kappa shape index (κ2) is 4.94. The number of para-hydroxylation sites is 1. The third-order valence-electron chi connectivity index (χ3n) is 2.66. The Morgan fingerprint density at radius 2 is 1.94 bits per heavy atom. The van der Waals surface area contributed by atoms with Gasteiger partial charge < -0.3 is 5.32 Å². The minimum Gasteiger partial charge on any atom is -0.375 e. The average Bonchev–Trinajstić information content (AvgIpc) is 2.54. The van der Waals surface area contributed by atoms with Crippen molar-refractivity contribution in [2.75, 3.05) is 5.32 Å². The Labute approximate surface area is 108 Å². The van der Waals surface area contributed by atoms with E-state index < -0.39 is 11.6 Å². The predicted molar refractivity (Wildman–Crippen MR) is 66.6 cm³/mol. The molecule has 18 heavy (non-hydrogen) atoms. The van der Waals surface area contributed by atoms with Gasteiger partial charge in [0, 0.05) is 7.05 Å². The van der Waals surface area contributed by atoms with Gasteiger partial charge in [0.05, 0.1) is 23.0 Å². The largest absolute Gasteiger partial charge is 0.375 e. The summed E-state index contributed by atoms with van der Waals surface area (Å²) >= 11 is 6.05. The molecule has 1 N–H and O–H groups in total. The zero-order valence-electron chi connectivity index (χ0n) is 9.97. The van der Waals surface area contributed by atoms with Crippen LogP contribution in [0.3, 0.4) is 0 Å². The first-order chi connectivity index (χ1) is 8.50. The van der Waals surface area contributed by atoms with Gasteiger partial charge >= 0.3 is 0 Å². The van der Waals surface area contributed by atoms with Gasteiger partial charge in [-0.1, -0.05) is 17.7 Å². The molecule has 0 aliphatic rings. The summed E-state index contributed by atoms with van der Waals surface area (Å²) in [5.74, 6) is -1.27. The van der Waals surface area contributed by atoms with Crippen molar-refractivity contribution in [1.29, 1.82) is 0 Å². The third-order valence-corrected chi connectivity index (χ3v) is 3.15. The molecule has 0 aliphatic heterocycles. The molecule has 0 aliphatic carbocycles. The number of hydrogen-bond acceptors (Lipinski definition) is 2. The summed E-state index contributed by atoms with van der Waals surface area (Å²) in [4.78, 5) is 0. The Kier molecular flexibility index (Phi) is 3.52. The van der Waals surface area contributed by atoms with Crippen molar-refractivity contribution < 1.29 is 8.78 Å². The van der Waals surface area contributed by atoms with E-state index in [1.165, 1.54) is 18.2 Å². The maximum absolute atomic E-state index is 13.4. The molecule has 0 saturated heterocycles. The highest BCUT2D eigenvalue weighted by molar-refractivity contribution is 6.31. The molecule has 1 heterocycles. The van der Waals surface area contributed by atoms with Gasteiger partial charge in [0.25, 0.3) is 0 Å². The lowest BCUT2D eigenvalue weighted by molar-refractivity contribution is 0.587. The minimum absolute atomic E-state index is 0.160. The second-order valence-corrected chi connectivity index (χ2v) is 4.30. The Morgan fingerprint density at radius 1 is 1.33 bits per heavy atom. The van der Waals surface area contributed by atoms with Gasteiger partial charge in [-0.15, -0.1) is 0 Å². The molecule has 0 spiro atoms. The van der Waals surface area contributed by atoms with Crippen LogP contribution in [0.2, 0.25) is 5.02 Å². The lowest BCUT2D eigenvalue weighted by atomic mass is 10.2. The molecule has 2 aromatic rings. The van der Waals surface area contributed by atoms with Crippen LogP contribution >= 0.6 is 11.6 Å². The summed E-state index contributed by atoms with van der Waals surface area (Å²) in [6.45, 7) is 1.98. The molecular weight excluding hydrogens is 260 g/mol. The number of nitrogens with one attached hydrogen (secondary N) is 1. The summed E-state index contributed by atoms with van der Waals surface area (Å²) in [6, 6.07) is 3.71. The molecule has 0 fully saturated rings. The highest BCUT2D eigenvalue weighted by Gasteiger charge is 2.13. The quantitative estimate of drug-likeness (QED) is 0.928. The van der Waals surface area contributed by atoms with E-state index in [9.17, 15) is 8.78 Å². The Morgan fingerprint density at radius 3 is 2.44 bits per heavy atom. The fourth-order valence-corrected chi connectivity index (χ4v) is 1.94. The van der Waals surface area contributed by atoms with Crippen molar-refractivity contribution in [1.82, 2.24) is 9.78 Å². The van der Waals surface area contributed by atoms with Crippen LogP contribution in [-0.2, 0) is 13.6 Å². The molecule has 96 valence electrons. The molecule has 0 amide bonds. The molecule has 0 radical (unpaired) electrons. The lowest BCUT2D eigenvalue weighted by Gasteiger charge is -2.09. The zero-order chi connectivity index (χ0) is 13.3. The van der Waals surface area contributed by atoms with E-state index in [0.717, 1.165) is 0 Å². The molecule has 0 bridgehead atoms. The van der Waals surface area contributed by atoms with Crippen molar-refractivity contribution in [3.05, 3.63) is 46.2 Å². The highest BCUT2D eigenvalue weighted by Crippen LogP contribution is 2.23. The van der Waals surface area contributed by atoms with Gasteiger partial charge in [-0.25, -0.2) is 8.78 Å². The van der Waals surface area contributed by atoms with Crippen LogP contribution in [0.15, 0.2) is 18.2 Å². The number of aromatic nitrogens is 2. The Hall–Kier alpha value is -1.62. The monoisotopic (exact) mass is 271 g/mol. The first kappa shape index (κ1) is 12.8. The number of rotatable bonds is 3. The van der Waals surface area contributed by atoms with Gasteiger partial charge in [0.1, 0.15) is 17.3 Å². The molecular formula is C12H12ClF2N3. The lowest BCUT2D eigenvalue weighted by Crippen LogP contribution is -2.08. The summed E-state index contributed by atoms with van der Waals surface area (Å²) in [5, 5.41) is 7.32. The fourth-order valence-electron chi connectivity index (χ4n) is 1.71. The predicted octanol–water partition coefficient (Wildman–Crippen LogP) is 3.27. The smallest absolute Gasteiger partial charge is 0.149 e. The van der Waals surface area contributed by atoms with Gasteiger partial charge in [0.15, 0.2) is 0 Å². The zero-order valence-corrected chi connectivity index (χ0v) is 10.7. The van der Waals surface area contributed by atoms with E-state index in [2.05, 4.69) is 10.4 Å². The van der Waals surface area contributed by atoms with Crippen molar-refractivity contribution in [2.45, 2.75) is 13.5 Å². The maximum atomic E-state index is 13.4. The second-order valence-electron chi connectivity index (χ2n) is 3.92. The average molecular weight is 272 g/mol. The van der Waals surface area contributed by atoms with E-state index in [0.29, 0.717) is 16.4 Å². The van der Waals surface area contributed by atoms with Crippen molar-refractivity contribution in [3.8, 4) is 0 Å². The van der Waals surface area contributed by atoms with Gasteiger partial charge in [-0.3, -0.25) is 4.68 Å². The minimum atomic E-state index is -0.634. The summed E-state index contributed by atoms with van der Waals surface area (Å²) < 4.78 is 28.4. The van der Waals surface area contributed by atoms with E-state index >= 15 is 0 Å². The topological polar surface area (TPSA) is 29.9 Å².